The van der Waals surface area contributed by atoms with Crippen molar-refractivity contribution in [2.24, 2.45) is 0 Å². The summed E-state index contributed by atoms with van der Waals surface area (Å²) in [6, 6.07) is -0.669. The van der Waals surface area contributed by atoms with E-state index in [-0.39, 0.29) is 23.6 Å². The molecule has 2 amide bonds. The number of amides is 2. The lowest BCUT2D eigenvalue weighted by Crippen LogP contribution is -2.51. The van der Waals surface area contributed by atoms with E-state index in [2.05, 4.69) is 20.8 Å². The Hall–Kier alpha value is -1.64. The number of sulfone groups is 1. The van der Waals surface area contributed by atoms with E-state index in [0.717, 1.165) is 38.5 Å². The SMILES string of the molecule is O=C(N[C@H]1CCS(=O)(=O)C1)NC1(c2noc(C3CC3)n2)CCCC1. The van der Waals surface area contributed by atoms with Gasteiger partial charge in [-0.2, -0.15) is 4.98 Å². The lowest BCUT2D eigenvalue weighted by atomic mass is 9.97. The normalized spacial score (nSPS) is 27.9. The van der Waals surface area contributed by atoms with Crippen LogP contribution in [-0.4, -0.2) is 42.1 Å². The minimum atomic E-state index is -3.02. The van der Waals surface area contributed by atoms with E-state index in [1.54, 1.807) is 0 Å². The van der Waals surface area contributed by atoms with E-state index in [0.29, 0.717) is 24.1 Å². The van der Waals surface area contributed by atoms with Crippen molar-refractivity contribution in [1.82, 2.24) is 20.8 Å². The molecule has 1 aromatic rings. The number of carbonyl (C=O) groups is 1. The van der Waals surface area contributed by atoms with Crippen molar-refractivity contribution in [2.75, 3.05) is 11.5 Å². The van der Waals surface area contributed by atoms with Gasteiger partial charge in [0.25, 0.3) is 0 Å². The largest absolute Gasteiger partial charge is 0.339 e. The van der Waals surface area contributed by atoms with Crippen molar-refractivity contribution in [3.05, 3.63) is 11.7 Å². The van der Waals surface area contributed by atoms with Gasteiger partial charge in [0, 0.05) is 12.0 Å². The minimum absolute atomic E-state index is 0.0153. The van der Waals surface area contributed by atoms with Crippen LogP contribution in [0.2, 0.25) is 0 Å². The zero-order chi connectivity index (χ0) is 16.8. The highest BCUT2D eigenvalue weighted by atomic mass is 32.2. The van der Waals surface area contributed by atoms with Crippen LogP contribution in [0.15, 0.2) is 4.52 Å². The molecule has 2 aliphatic carbocycles. The summed E-state index contributed by atoms with van der Waals surface area (Å²) in [5, 5.41) is 9.90. The second-order valence-electron chi connectivity index (χ2n) is 7.22. The smallest absolute Gasteiger partial charge is 0.315 e. The lowest BCUT2D eigenvalue weighted by Gasteiger charge is -2.27. The second-order valence-corrected chi connectivity index (χ2v) is 9.45. The highest BCUT2D eigenvalue weighted by Gasteiger charge is 2.43. The highest BCUT2D eigenvalue weighted by molar-refractivity contribution is 7.91. The Morgan fingerprint density at radius 1 is 1.21 bits per heavy atom. The van der Waals surface area contributed by atoms with Crippen LogP contribution in [0.25, 0.3) is 0 Å². The average Bonchev–Trinajstić information content (AvgIpc) is 2.94. The summed E-state index contributed by atoms with van der Waals surface area (Å²) in [5.74, 6) is 1.75. The molecule has 3 fully saturated rings. The van der Waals surface area contributed by atoms with Gasteiger partial charge in [-0.3, -0.25) is 0 Å². The fourth-order valence-corrected chi connectivity index (χ4v) is 5.33. The maximum absolute atomic E-state index is 12.4. The second kappa shape index (κ2) is 5.72. The third-order valence-electron chi connectivity index (χ3n) is 5.17. The third-order valence-corrected chi connectivity index (χ3v) is 6.94. The number of urea groups is 1. The molecular formula is C15H22N4O4S. The Morgan fingerprint density at radius 2 is 1.96 bits per heavy atom. The van der Waals surface area contributed by atoms with E-state index in [9.17, 15) is 13.2 Å². The standard InChI is InChI=1S/C15H22N4O4S/c20-14(16-11-5-8-24(21,22)9-11)18-15(6-1-2-7-15)13-17-12(23-19-13)10-3-4-10/h10-11H,1-9H2,(H2,16,18,20)/t11-/m0/s1. The molecule has 0 aromatic carbocycles. The van der Waals surface area contributed by atoms with E-state index in [4.69, 9.17) is 4.52 Å². The predicted octanol–water partition coefficient (Wildman–Crippen LogP) is 1.20. The van der Waals surface area contributed by atoms with E-state index < -0.39 is 15.4 Å². The molecule has 8 nitrogen and oxygen atoms in total. The van der Waals surface area contributed by atoms with Crippen molar-refractivity contribution in [3.8, 4) is 0 Å². The van der Waals surface area contributed by atoms with Crippen LogP contribution < -0.4 is 10.6 Å². The zero-order valence-electron chi connectivity index (χ0n) is 13.5. The number of hydrogen-bond donors (Lipinski definition) is 2. The molecule has 2 heterocycles. The van der Waals surface area contributed by atoms with Crippen molar-refractivity contribution < 1.29 is 17.7 Å². The molecular weight excluding hydrogens is 332 g/mol. The van der Waals surface area contributed by atoms with E-state index in [1.165, 1.54) is 0 Å². The molecule has 9 heteroatoms. The zero-order valence-corrected chi connectivity index (χ0v) is 14.3. The Balaban J connectivity index is 1.45. The van der Waals surface area contributed by atoms with Gasteiger partial charge >= 0.3 is 6.03 Å². The van der Waals surface area contributed by atoms with Gasteiger partial charge in [-0.05, 0) is 32.1 Å². The molecule has 1 aliphatic heterocycles. The predicted molar refractivity (Wildman–Crippen MR) is 85.1 cm³/mol. The highest BCUT2D eigenvalue weighted by Crippen LogP contribution is 2.42. The molecule has 2 saturated carbocycles. The molecule has 1 atom stereocenters. The number of hydrogen-bond acceptors (Lipinski definition) is 6. The van der Waals surface area contributed by atoms with E-state index in [1.807, 2.05) is 0 Å². The van der Waals surface area contributed by atoms with Crippen LogP contribution >= 0.6 is 0 Å². The molecule has 132 valence electrons. The molecule has 0 bridgehead atoms. The Kier molecular flexibility index (Phi) is 3.78. The van der Waals surface area contributed by atoms with Crippen LogP contribution in [0.1, 0.15) is 62.6 Å². The summed E-state index contributed by atoms with van der Waals surface area (Å²) in [6.45, 7) is 0. The molecule has 3 aliphatic rings. The number of nitrogens with zero attached hydrogens (tertiary/aromatic N) is 2. The summed E-state index contributed by atoms with van der Waals surface area (Å²) in [5.41, 5.74) is -0.599. The number of carbonyl (C=O) groups excluding carboxylic acids is 1. The summed E-state index contributed by atoms with van der Waals surface area (Å²) >= 11 is 0. The minimum Gasteiger partial charge on any atom is -0.339 e. The first-order valence-corrected chi connectivity index (χ1v) is 10.4. The topological polar surface area (TPSA) is 114 Å². The van der Waals surface area contributed by atoms with Crippen molar-refractivity contribution >= 4 is 15.9 Å². The van der Waals surface area contributed by atoms with Gasteiger partial charge < -0.3 is 15.2 Å². The van der Waals surface area contributed by atoms with Crippen LogP contribution in [0.3, 0.4) is 0 Å². The van der Waals surface area contributed by atoms with Gasteiger partial charge in [0.05, 0.1) is 11.5 Å². The first kappa shape index (κ1) is 15.9. The third kappa shape index (κ3) is 3.13. The van der Waals surface area contributed by atoms with Gasteiger partial charge in [-0.25, -0.2) is 13.2 Å². The van der Waals surface area contributed by atoms with Crippen LogP contribution in [0, 0.1) is 0 Å². The monoisotopic (exact) mass is 354 g/mol. The molecule has 1 saturated heterocycles. The molecule has 4 rings (SSSR count). The molecule has 0 radical (unpaired) electrons. The van der Waals surface area contributed by atoms with E-state index >= 15 is 0 Å². The molecule has 1 aromatic heterocycles. The maximum atomic E-state index is 12.4. The molecule has 0 spiro atoms. The van der Waals surface area contributed by atoms with Gasteiger partial charge in [0.15, 0.2) is 15.7 Å². The maximum Gasteiger partial charge on any atom is 0.315 e. The molecule has 24 heavy (non-hydrogen) atoms. The Morgan fingerprint density at radius 3 is 2.58 bits per heavy atom. The fourth-order valence-electron chi connectivity index (χ4n) is 3.66. The fraction of sp³-hybridized carbons (Fsp3) is 0.800. The summed E-state index contributed by atoms with van der Waals surface area (Å²) < 4.78 is 28.4. The number of aromatic nitrogens is 2. The Labute approximate surface area is 140 Å². The van der Waals surface area contributed by atoms with Crippen LogP contribution in [-0.2, 0) is 15.4 Å². The Bertz CT molecular complexity index is 734. The van der Waals surface area contributed by atoms with Gasteiger partial charge in [0.1, 0.15) is 5.54 Å². The average molecular weight is 354 g/mol. The molecule has 0 unspecified atom stereocenters. The lowest BCUT2D eigenvalue weighted by molar-refractivity contribution is 0.218. The van der Waals surface area contributed by atoms with Crippen molar-refractivity contribution in [3.63, 3.8) is 0 Å². The summed E-state index contributed by atoms with van der Waals surface area (Å²) in [7, 11) is -3.02. The van der Waals surface area contributed by atoms with Crippen LogP contribution in [0.4, 0.5) is 4.79 Å². The first-order valence-electron chi connectivity index (χ1n) is 8.59. The summed E-state index contributed by atoms with van der Waals surface area (Å²) in [4.78, 5) is 16.9. The number of rotatable bonds is 4. The number of nitrogens with one attached hydrogen (secondary N) is 2. The van der Waals surface area contributed by atoms with Gasteiger partial charge in [-0.1, -0.05) is 18.0 Å². The van der Waals surface area contributed by atoms with Gasteiger partial charge in [-0.15, -0.1) is 0 Å². The molecule has 2 N–H and O–H groups in total. The first-order chi connectivity index (χ1) is 11.5. The quantitative estimate of drug-likeness (QED) is 0.840. The van der Waals surface area contributed by atoms with Crippen molar-refractivity contribution in [1.29, 1.82) is 0 Å². The van der Waals surface area contributed by atoms with Crippen LogP contribution in [0.5, 0.6) is 0 Å². The van der Waals surface area contributed by atoms with Crippen molar-refractivity contribution in [2.45, 2.75) is 62.4 Å². The summed E-state index contributed by atoms with van der Waals surface area (Å²) in [6.07, 6.45) is 6.16. The van der Waals surface area contributed by atoms with Gasteiger partial charge in [0.2, 0.25) is 5.89 Å².